The molecule has 0 aromatic carbocycles. The molecule has 22 heteroatoms. The van der Waals surface area contributed by atoms with Crippen LogP contribution >= 0.6 is 0 Å². The number of rotatable bonds is 10. The maximum absolute atomic E-state index is 13.6. The number of carbonyl (C=O) groups is 4. The summed E-state index contributed by atoms with van der Waals surface area (Å²) < 4.78 is 39.2. The van der Waals surface area contributed by atoms with E-state index in [1.54, 1.807) is 58.6 Å². The summed E-state index contributed by atoms with van der Waals surface area (Å²) in [5.41, 5.74) is 3.39. The number of carboxylic acids is 1. The van der Waals surface area contributed by atoms with Crippen molar-refractivity contribution in [2.24, 2.45) is 0 Å². The number of hydrogen-bond acceptors (Lipinski definition) is 17. The van der Waals surface area contributed by atoms with Gasteiger partial charge < -0.3 is 48.1 Å². The van der Waals surface area contributed by atoms with Crippen LogP contribution in [-0.2, 0) is 23.7 Å². The third-order valence-corrected chi connectivity index (χ3v) is 12.9. The Balaban J connectivity index is 0.000000176. The van der Waals surface area contributed by atoms with Crippen molar-refractivity contribution in [3.05, 3.63) is 71.3 Å². The molecule has 0 unspecified atom stereocenters. The summed E-state index contributed by atoms with van der Waals surface area (Å²) in [5, 5.41) is 15.3. The van der Waals surface area contributed by atoms with E-state index in [4.69, 9.17) is 33.2 Å². The van der Waals surface area contributed by atoms with E-state index in [1.165, 1.54) is 7.11 Å². The molecule has 10 heterocycles. The number of carbonyl (C=O) groups excluding carboxylic acids is 3. The Morgan fingerprint density at radius 3 is 1.58 bits per heavy atom. The summed E-state index contributed by atoms with van der Waals surface area (Å²) in [6.07, 6.45) is 6.29. The number of fused-ring (bicyclic) bond motifs is 8. The number of urea groups is 2. The quantitative estimate of drug-likeness (QED) is 0.151. The van der Waals surface area contributed by atoms with Gasteiger partial charge in [0.1, 0.15) is 48.6 Å². The number of hydrogen-bond donors (Lipinski definition) is 3. The Bertz CT molecular complexity index is 2690. The number of nitrogens with zero attached hydrogens (tertiary/aromatic N) is 8. The van der Waals surface area contributed by atoms with Crippen molar-refractivity contribution in [2.75, 3.05) is 89.9 Å². The summed E-state index contributed by atoms with van der Waals surface area (Å²) in [5.74, 6) is -0.340. The predicted octanol–water partition coefficient (Wildman–Crippen LogP) is 6.16. The maximum Gasteiger partial charge on any atom is 0.356 e. The largest absolute Gasteiger partial charge is 0.491 e. The van der Waals surface area contributed by atoms with Gasteiger partial charge in [-0.25, -0.2) is 39.1 Å². The van der Waals surface area contributed by atoms with E-state index in [0.717, 1.165) is 61.3 Å². The number of esters is 1. The minimum absolute atomic E-state index is 0.0756. The van der Waals surface area contributed by atoms with E-state index in [1.807, 2.05) is 41.5 Å². The van der Waals surface area contributed by atoms with Crippen LogP contribution in [0.3, 0.4) is 0 Å². The average molecular weight is 981 g/mol. The van der Waals surface area contributed by atoms with Gasteiger partial charge in [0.15, 0.2) is 34.6 Å². The second-order valence-electron chi connectivity index (χ2n) is 19.2. The van der Waals surface area contributed by atoms with Crippen molar-refractivity contribution in [3.63, 3.8) is 0 Å². The van der Waals surface area contributed by atoms with Crippen molar-refractivity contribution in [3.8, 4) is 11.5 Å². The lowest BCUT2D eigenvalue weighted by molar-refractivity contribution is -0.141. The molecule has 378 valence electrons. The standard InChI is InChI=1S/C25H31N5O6.C24H29N5O6/c1-15-10-19(23(31)33-4)27-22-21(15)29-9-5-6-16(12-29)30(22)24(32)28-20-11-17(7-8-26-20)34-13-18-14-35-25(2,3)36-18;1-14-9-18(22(30)31)26-21-20(14)28-8-4-5-15(11-28)29(21)23(32)27-19-10-16(6-7-25-19)33-12-17-13-34-24(2,3)35-17/h7-8,10-11,16,18H,5-6,9,12-14H2,1-4H3,(H,26,28,32);6-7,9-10,15,17H,4-5,8,11-13H2,1-3H3,(H,30,31)(H,25,27,32)/t16-,18-;15-,17-/m00/s1. The minimum atomic E-state index is -1.13. The van der Waals surface area contributed by atoms with E-state index in [9.17, 15) is 24.3 Å². The molecule has 3 N–H and O–H groups in total. The third kappa shape index (κ3) is 10.9. The summed E-state index contributed by atoms with van der Waals surface area (Å²) >= 11 is 0. The summed E-state index contributed by atoms with van der Waals surface area (Å²) in [4.78, 5) is 76.0. The fraction of sp³-hybridized carbons (Fsp3) is 0.510. The molecule has 4 bridgehead atoms. The van der Waals surface area contributed by atoms with Gasteiger partial charge >= 0.3 is 24.0 Å². The molecule has 4 fully saturated rings. The van der Waals surface area contributed by atoms with E-state index < -0.39 is 29.5 Å². The number of aryl methyl sites for hydroxylation is 2. The van der Waals surface area contributed by atoms with Gasteiger partial charge in [-0.15, -0.1) is 0 Å². The SMILES string of the molecule is COC(=O)c1cc(C)c2c(n1)N(C(=O)Nc1cc(OC[C@H]3COC(C)(C)O3)ccn1)[C@H]1CCCN2C1.Cc1cc(C(=O)O)nc2c1N1CCC[C@@H](C1)N2C(=O)Nc1cc(OC[C@H]2COC(C)(C)O2)ccn1. The van der Waals surface area contributed by atoms with Gasteiger partial charge in [-0.1, -0.05) is 0 Å². The first-order chi connectivity index (χ1) is 33.9. The highest BCUT2D eigenvalue weighted by molar-refractivity contribution is 6.06. The summed E-state index contributed by atoms with van der Waals surface area (Å²) in [6, 6.07) is 9.02. The third-order valence-electron chi connectivity index (χ3n) is 12.9. The molecule has 4 saturated heterocycles. The zero-order chi connectivity index (χ0) is 50.2. The zero-order valence-electron chi connectivity index (χ0n) is 40.9. The minimum Gasteiger partial charge on any atom is -0.491 e. The van der Waals surface area contributed by atoms with Gasteiger partial charge in [-0.3, -0.25) is 20.4 Å². The van der Waals surface area contributed by atoms with E-state index in [2.05, 4.69) is 40.4 Å². The number of anilines is 6. The van der Waals surface area contributed by atoms with Crippen molar-refractivity contribution < 1.29 is 57.4 Å². The number of pyridine rings is 4. The normalized spacial score (nSPS) is 22.3. The molecule has 22 nitrogen and oxygen atoms in total. The Kier molecular flexibility index (Phi) is 13.9. The Labute approximate surface area is 410 Å². The van der Waals surface area contributed by atoms with Crippen molar-refractivity contribution in [2.45, 2.75) is 103 Å². The maximum atomic E-state index is 13.6. The molecule has 4 aromatic heterocycles. The number of aromatic carboxylic acids is 1. The Hall–Kier alpha value is -6.88. The molecule has 4 atom stereocenters. The first-order valence-electron chi connectivity index (χ1n) is 23.8. The van der Waals surface area contributed by atoms with E-state index in [-0.39, 0.29) is 41.7 Å². The number of amides is 4. The van der Waals surface area contributed by atoms with Crippen LogP contribution in [0.4, 0.5) is 44.2 Å². The lowest BCUT2D eigenvalue weighted by atomic mass is 9.98. The topological polar surface area (TPSA) is 242 Å². The average Bonchev–Trinajstić information content (AvgIpc) is 3.88. The van der Waals surface area contributed by atoms with Gasteiger partial charge in [0.2, 0.25) is 0 Å². The molecule has 10 rings (SSSR count). The molecule has 6 aliphatic heterocycles. The zero-order valence-corrected chi connectivity index (χ0v) is 40.9. The van der Waals surface area contributed by atoms with Crippen LogP contribution in [-0.4, -0.2) is 145 Å². The van der Waals surface area contributed by atoms with Crippen LogP contribution in [0.15, 0.2) is 48.8 Å². The molecule has 0 radical (unpaired) electrons. The predicted molar refractivity (Wildman–Crippen MR) is 259 cm³/mol. The van der Waals surface area contributed by atoms with Crippen LogP contribution in [0, 0.1) is 13.8 Å². The fourth-order valence-electron chi connectivity index (χ4n) is 9.89. The van der Waals surface area contributed by atoms with E-state index >= 15 is 0 Å². The number of nitrogens with one attached hydrogen (secondary N) is 2. The molecule has 6 aliphatic rings. The van der Waals surface area contributed by atoms with Crippen LogP contribution in [0.5, 0.6) is 11.5 Å². The number of piperidine rings is 2. The van der Waals surface area contributed by atoms with Crippen molar-refractivity contribution in [1.29, 1.82) is 0 Å². The fourth-order valence-corrected chi connectivity index (χ4v) is 9.89. The molecule has 0 aliphatic carbocycles. The van der Waals surface area contributed by atoms with Crippen LogP contribution in [0.2, 0.25) is 0 Å². The number of methoxy groups -OCH3 is 1. The number of carboxylic acid groups (broad SMARTS) is 1. The lowest BCUT2D eigenvalue weighted by Crippen LogP contribution is -2.56. The van der Waals surface area contributed by atoms with Gasteiger partial charge in [-0.2, -0.15) is 0 Å². The number of aromatic nitrogens is 4. The highest BCUT2D eigenvalue weighted by Crippen LogP contribution is 2.42. The molecule has 71 heavy (non-hydrogen) atoms. The molecular formula is C49H60N10O12. The molecule has 4 amide bonds. The van der Waals surface area contributed by atoms with Gasteiger partial charge in [0, 0.05) is 50.7 Å². The monoisotopic (exact) mass is 980 g/mol. The van der Waals surface area contributed by atoms with Gasteiger partial charge in [0.25, 0.3) is 0 Å². The first-order valence-corrected chi connectivity index (χ1v) is 23.8. The second-order valence-corrected chi connectivity index (χ2v) is 19.2. The molecule has 0 spiro atoms. The van der Waals surface area contributed by atoms with Crippen molar-refractivity contribution in [1.82, 2.24) is 19.9 Å². The van der Waals surface area contributed by atoms with E-state index in [0.29, 0.717) is 74.3 Å². The van der Waals surface area contributed by atoms with Crippen LogP contribution < -0.4 is 39.7 Å². The van der Waals surface area contributed by atoms with Crippen LogP contribution in [0.1, 0.15) is 85.5 Å². The number of ether oxygens (including phenoxy) is 7. The van der Waals surface area contributed by atoms with Crippen LogP contribution in [0.25, 0.3) is 0 Å². The Morgan fingerprint density at radius 1 is 0.704 bits per heavy atom. The second kappa shape index (κ2) is 20.1. The highest BCUT2D eigenvalue weighted by Gasteiger charge is 2.42. The van der Waals surface area contributed by atoms with Gasteiger partial charge in [0.05, 0.1) is 43.8 Å². The van der Waals surface area contributed by atoms with Gasteiger partial charge in [-0.05, 0) is 103 Å². The summed E-state index contributed by atoms with van der Waals surface area (Å²) in [6.45, 7) is 15.8. The smallest absolute Gasteiger partial charge is 0.356 e. The molecule has 0 saturated carbocycles. The molecular weight excluding hydrogens is 921 g/mol. The Morgan fingerprint density at radius 2 is 1.15 bits per heavy atom. The summed E-state index contributed by atoms with van der Waals surface area (Å²) in [7, 11) is 1.31. The molecule has 4 aromatic rings. The lowest BCUT2D eigenvalue weighted by Gasteiger charge is -2.46. The first kappa shape index (κ1) is 49.1. The highest BCUT2D eigenvalue weighted by atomic mass is 16.8. The van der Waals surface area contributed by atoms with Crippen molar-refractivity contribution >= 4 is 58.6 Å².